The monoisotopic (exact) mass is 555 g/mol. The van der Waals surface area contributed by atoms with Gasteiger partial charge in [0.2, 0.25) is 5.95 Å². The van der Waals surface area contributed by atoms with Crippen LogP contribution in [0.4, 0.5) is 19.1 Å². The Bertz CT molecular complexity index is 1600. The average Bonchev–Trinajstić information content (AvgIpc) is 3.43. The van der Waals surface area contributed by atoms with E-state index in [1.54, 1.807) is 0 Å². The van der Waals surface area contributed by atoms with E-state index in [9.17, 15) is 13.2 Å². The molecule has 0 aliphatic rings. The number of rotatable bonds is 8. The number of anilines is 1. The fourth-order valence-electron chi connectivity index (χ4n) is 4.37. The van der Waals surface area contributed by atoms with Crippen LogP contribution in [0, 0.1) is 0 Å². The van der Waals surface area contributed by atoms with Crippen molar-refractivity contribution in [3.8, 4) is 11.8 Å². The predicted molar refractivity (Wildman–Crippen MR) is 142 cm³/mol. The molecule has 0 saturated carbocycles. The van der Waals surface area contributed by atoms with Crippen LogP contribution in [0.15, 0.2) is 60.9 Å². The Hall–Kier alpha value is -4.12. The number of fused-ring (bicyclic) bond motifs is 1. The molecule has 0 aliphatic carbocycles. The van der Waals surface area contributed by atoms with E-state index in [0.29, 0.717) is 22.4 Å². The predicted octanol–water partition coefficient (Wildman–Crippen LogP) is 6.72. The summed E-state index contributed by atoms with van der Waals surface area (Å²) in [4.78, 5) is 12.8. The molecule has 2 aromatic carbocycles. The minimum absolute atomic E-state index is 0.0184. The molecule has 0 radical (unpaired) electrons. The summed E-state index contributed by atoms with van der Waals surface area (Å²) in [5.74, 6) is 1.28. The molecule has 8 nitrogen and oxygen atoms in total. The molecular weight excluding hydrogens is 531 g/mol. The third-order valence-corrected chi connectivity index (χ3v) is 6.55. The molecule has 3 heterocycles. The first-order valence-corrected chi connectivity index (χ1v) is 12.6. The van der Waals surface area contributed by atoms with Crippen molar-refractivity contribution in [2.75, 3.05) is 5.32 Å². The molecule has 202 valence electrons. The van der Waals surface area contributed by atoms with Crippen molar-refractivity contribution >= 4 is 28.6 Å². The lowest BCUT2D eigenvalue weighted by Gasteiger charge is -2.18. The van der Waals surface area contributed by atoms with Crippen LogP contribution in [0.2, 0.25) is 5.02 Å². The molecule has 0 fully saturated rings. The molecule has 1 N–H and O–H groups in total. The number of alkyl halides is 3. The smallest absolute Gasteiger partial charge is 0.424 e. The number of nitrogens with one attached hydrogen (secondary N) is 1. The van der Waals surface area contributed by atoms with Crippen LogP contribution in [0.5, 0.6) is 11.8 Å². The zero-order chi connectivity index (χ0) is 27.7. The van der Waals surface area contributed by atoms with Crippen molar-refractivity contribution in [3.63, 3.8) is 0 Å². The SMILES string of the molecule is CCC(Nc1nc2ccc(Cc3cc(C(F)(F)F)n(C)n3)cc2n1C)c1ccc(Oc2ncc(Cl)cn2)cc1. The highest BCUT2D eigenvalue weighted by molar-refractivity contribution is 6.30. The second-order valence-electron chi connectivity index (χ2n) is 9.10. The van der Waals surface area contributed by atoms with Crippen LogP contribution >= 0.6 is 11.6 Å². The molecule has 39 heavy (non-hydrogen) atoms. The molecule has 0 amide bonds. The molecule has 0 aliphatic heterocycles. The molecule has 0 spiro atoms. The van der Waals surface area contributed by atoms with Gasteiger partial charge in [0, 0.05) is 20.5 Å². The Kier molecular flexibility index (Phi) is 7.17. The van der Waals surface area contributed by atoms with E-state index in [4.69, 9.17) is 21.3 Å². The number of aromatic nitrogens is 6. The maximum absolute atomic E-state index is 13.1. The minimum atomic E-state index is -4.44. The Balaban J connectivity index is 1.31. The van der Waals surface area contributed by atoms with Gasteiger partial charge in [0.05, 0.1) is 40.2 Å². The lowest BCUT2D eigenvalue weighted by atomic mass is 10.0. The van der Waals surface area contributed by atoms with Crippen LogP contribution in [0.25, 0.3) is 11.0 Å². The zero-order valence-electron chi connectivity index (χ0n) is 21.4. The highest BCUT2D eigenvalue weighted by Crippen LogP contribution is 2.31. The van der Waals surface area contributed by atoms with Crippen molar-refractivity contribution in [2.24, 2.45) is 14.1 Å². The van der Waals surface area contributed by atoms with E-state index in [1.165, 1.54) is 19.4 Å². The largest absolute Gasteiger partial charge is 0.433 e. The van der Waals surface area contributed by atoms with Crippen molar-refractivity contribution in [1.82, 2.24) is 29.3 Å². The minimum Gasteiger partial charge on any atom is -0.424 e. The Morgan fingerprint density at radius 3 is 2.38 bits per heavy atom. The van der Waals surface area contributed by atoms with Crippen LogP contribution in [-0.2, 0) is 26.7 Å². The summed E-state index contributed by atoms with van der Waals surface area (Å²) in [5, 5.41) is 7.97. The van der Waals surface area contributed by atoms with E-state index in [-0.39, 0.29) is 18.5 Å². The van der Waals surface area contributed by atoms with Crippen molar-refractivity contribution in [2.45, 2.75) is 32.0 Å². The van der Waals surface area contributed by atoms with Gasteiger partial charge in [-0.05, 0) is 47.9 Å². The standard InChI is InChI=1S/C27H25ClF3N7O/c1-4-21(17-6-8-20(9-7-17)39-26-32-14-18(28)15-33-26)34-25-35-22-10-5-16(12-23(22)37(25)2)11-19-13-24(27(29,30)31)38(3)36-19/h5-10,12-15,21H,4,11H2,1-3H3,(H,34,35). The second kappa shape index (κ2) is 10.6. The summed E-state index contributed by atoms with van der Waals surface area (Å²) in [5.41, 5.74) is 3.12. The van der Waals surface area contributed by atoms with Crippen molar-refractivity contribution in [3.05, 3.63) is 88.5 Å². The molecule has 0 bridgehead atoms. The van der Waals surface area contributed by atoms with Gasteiger partial charge in [0.15, 0.2) is 0 Å². The summed E-state index contributed by atoms with van der Waals surface area (Å²) in [6, 6.07) is 14.6. The van der Waals surface area contributed by atoms with Gasteiger partial charge in [-0.15, -0.1) is 0 Å². The second-order valence-corrected chi connectivity index (χ2v) is 9.53. The number of halogens is 4. The topological polar surface area (TPSA) is 82.7 Å². The fourth-order valence-corrected chi connectivity index (χ4v) is 4.46. The van der Waals surface area contributed by atoms with Crippen molar-refractivity contribution < 1.29 is 17.9 Å². The molecule has 3 aromatic heterocycles. The normalized spacial score (nSPS) is 12.6. The van der Waals surface area contributed by atoms with E-state index < -0.39 is 11.9 Å². The number of aryl methyl sites for hydroxylation is 2. The fraction of sp³-hybridized carbons (Fsp3) is 0.259. The van der Waals surface area contributed by atoms with Crippen LogP contribution in [0.3, 0.4) is 0 Å². The van der Waals surface area contributed by atoms with Gasteiger partial charge in [0.1, 0.15) is 11.4 Å². The van der Waals surface area contributed by atoms with Crippen LogP contribution in [-0.4, -0.2) is 29.3 Å². The molecule has 1 atom stereocenters. The van der Waals surface area contributed by atoms with Gasteiger partial charge in [-0.25, -0.2) is 15.0 Å². The van der Waals surface area contributed by atoms with Gasteiger partial charge in [0.25, 0.3) is 0 Å². The third kappa shape index (κ3) is 5.83. The highest BCUT2D eigenvalue weighted by atomic mass is 35.5. The van der Waals surface area contributed by atoms with Gasteiger partial charge in [-0.1, -0.05) is 36.7 Å². The number of ether oxygens (including phenoxy) is 1. The van der Waals surface area contributed by atoms with E-state index >= 15 is 0 Å². The Morgan fingerprint density at radius 1 is 1.03 bits per heavy atom. The van der Waals surface area contributed by atoms with Gasteiger partial charge in [-0.3, -0.25) is 4.68 Å². The van der Waals surface area contributed by atoms with E-state index in [2.05, 4.69) is 27.3 Å². The summed E-state index contributed by atoms with van der Waals surface area (Å²) in [6.45, 7) is 2.08. The molecule has 5 rings (SSSR count). The molecule has 0 saturated heterocycles. The van der Waals surface area contributed by atoms with Gasteiger partial charge < -0.3 is 14.6 Å². The Labute approximate surface area is 227 Å². The van der Waals surface area contributed by atoms with E-state index in [1.807, 2.05) is 54.1 Å². The number of hydrogen-bond donors (Lipinski definition) is 1. The number of hydrogen-bond acceptors (Lipinski definition) is 6. The summed E-state index contributed by atoms with van der Waals surface area (Å²) < 4.78 is 47.9. The summed E-state index contributed by atoms with van der Waals surface area (Å²) in [6.07, 6.45) is -0.424. The average molecular weight is 556 g/mol. The molecule has 5 aromatic rings. The van der Waals surface area contributed by atoms with Gasteiger partial charge >= 0.3 is 12.2 Å². The lowest BCUT2D eigenvalue weighted by molar-refractivity contribution is -0.143. The first-order chi connectivity index (χ1) is 18.6. The van der Waals surface area contributed by atoms with Crippen molar-refractivity contribution in [1.29, 1.82) is 0 Å². The lowest BCUT2D eigenvalue weighted by Crippen LogP contribution is -2.13. The molecule has 12 heteroatoms. The summed E-state index contributed by atoms with van der Waals surface area (Å²) in [7, 11) is 3.20. The number of imidazole rings is 1. The first kappa shape index (κ1) is 26.5. The quantitative estimate of drug-likeness (QED) is 0.229. The maximum Gasteiger partial charge on any atom is 0.433 e. The third-order valence-electron chi connectivity index (χ3n) is 6.35. The highest BCUT2D eigenvalue weighted by Gasteiger charge is 2.34. The molecular formula is C27H25ClF3N7O. The summed E-state index contributed by atoms with van der Waals surface area (Å²) >= 11 is 5.82. The maximum atomic E-state index is 13.1. The van der Waals surface area contributed by atoms with Crippen LogP contribution < -0.4 is 10.1 Å². The first-order valence-electron chi connectivity index (χ1n) is 12.2. The molecule has 1 unspecified atom stereocenters. The van der Waals surface area contributed by atoms with Crippen LogP contribution in [0.1, 0.15) is 41.9 Å². The number of nitrogens with zero attached hydrogens (tertiary/aromatic N) is 6. The van der Waals surface area contributed by atoms with Gasteiger partial charge in [-0.2, -0.15) is 18.3 Å². The zero-order valence-corrected chi connectivity index (χ0v) is 22.1. The Morgan fingerprint density at radius 2 is 1.74 bits per heavy atom. The number of benzene rings is 2. The van der Waals surface area contributed by atoms with E-state index in [0.717, 1.165) is 39.3 Å².